The van der Waals surface area contributed by atoms with Gasteiger partial charge in [-0.05, 0) is 49.2 Å². The normalized spacial score (nSPS) is 10.2. The van der Waals surface area contributed by atoms with Crippen LogP contribution in [0.5, 0.6) is 0 Å². The number of benzene rings is 4. The van der Waals surface area contributed by atoms with Crippen molar-refractivity contribution in [2.75, 3.05) is 19.0 Å². The maximum absolute atomic E-state index is 3.90. The summed E-state index contributed by atoms with van der Waals surface area (Å²) in [6.07, 6.45) is 3.57. The summed E-state index contributed by atoms with van der Waals surface area (Å²) in [5, 5.41) is 8.47. The molecule has 0 aliphatic heterocycles. The Bertz CT molecular complexity index is 1550. The molecule has 0 bridgehead atoms. The smallest absolute Gasteiger partial charge is 0.378 e. The van der Waals surface area contributed by atoms with Crippen LogP contribution in [-0.2, 0) is 17.1 Å². The quantitative estimate of drug-likeness (QED) is 0.0990. The Kier molecular flexibility index (Phi) is 14.2. The maximum Gasteiger partial charge on any atom is 2.00 e. The van der Waals surface area contributed by atoms with Crippen molar-refractivity contribution < 1.29 is 17.1 Å². The fourth-order valence-corrected chi connectivity index (χ4v) is 9.48. The summed E-state index contributed by atoms with van der Waals surface area (Å²) in [5.74, 6) is 0. The molecule has 5 heteroatoms. The topological polar surface area (TPSA) is 16.1 Å². The Labute approximate surface area is 287 Å². The summed E-state index contributed by atoms with van der Waals surface area (Å²) in [6.45, 7) is 0. The van der Waals surface area contributed by atoms with E-state index in [-0.39, 0.29) is 17.1 Å². The second kappa shape index (κ2) is 18.8. The first kappa shape index (κ1) is 34.8. The Morgan fingerprint density at radius 3 is 1.00 bits per heavy atom. The van der Waals surface area contributed by atoms with E-state index < -0.39 is 15.8 Å². The van der Waals surface area contributed by atoms with Gasteiger partial charge >= 0.3 is 17.1 Å². The van der Waals surface area contributed by atoms with Crippen molar-refractivity contribution in [3.8, 4) is 0 Å². The number of aromatic nitrogens is 1. The van der Waals surface area contributed by atoms with E-state index in [9.17, 15) is 0 Å². The summed E-state index contributed by atoms with van der Waals surface area (Å²) in [6, 6.07) is 64.4. The zero-order chi connectivity index (χ0) is 31.1. The van der Waals surface area contributed by atoms with Gasteiger partial charge in [0.1, 0.15) is 0 Å². The van der Waals surface area contributed by atoms with E-state index in [0.717, 1.165) is 0 Å². The number of anilines is 1. The molecule has 2 nitrogen and oxygen atoms in total. The van der Waals surface area contributed by atoms with Crippen LogP contribution >= 0.6 is 15.8 Å². The van der Waals surface area contributed by atoms with Gasteiger partial charge in [0.2, 0.25) is 0 Å². The van der Waals surface area contributed by atoms with E-state index in [1.165, 1.54) is 37.5 Å². The van der Waals surface area contributed by atoms with E-state index in [0.29, 0.717) is 0 Å². The van der Waals surface area contributed by atoms with E-state index in [1.807, 2.05) is 31.1 Å². The number of pyridine rings is 1. The number of rotatable bonds is 7. The largest absolute Gasteiger partial charge is 2.00 e. The van der Waals surface area contributed by atoms with Gasteiger partial charge in [-0.3, -0.25) is 4.98 Å². The molecule has 1 heterocycles. The second-order valence-electron chi connectivity index (χ2n) is 10.4. The first-order valence-corrected chi connectivity index (χ1v) is 17.7. The van der Waals surface area contributed by atoms with E-state index in [4.69, 9.17) is 0 Å². The fourth-order valence-electron chi connectivity index (χ4n) is 4.87. The first-order valence-electron chi connectivity index (χ1n) is 15.0. The minimum Gasteiger partial charge on any atom is -0.378 e. The van der Waals surface area contributed by atoms with Crippen LogP contribution in [0, 0.1) is 0 Å². The molecule has 0 radical (unpaired) electrons. The third kappa shape index (κ3) is 9.95. The van der Waals surface area contributed by atoms with Crippen molar-refractivity contribution in [1.29, 1.82) is 0 Å². The molecular weight excluding hydrogens is 638 g/mol. The fraction of sp³-hybridized carbons (Fsp3) is 0.0488. The van der Waals surface area contributed by atoms with Gasteiger partial charge in [-0.15, -0.1) is 10.6 Å². The summed E-state index contributed by atoms with van der Waals surface area (Å²) in [5.41, 5.74) is 1.19. The van der Waals surface area contributed by atoms with Crippen molar-refractivity contribution in [3.63, 3.8) is 0 Å². The van der Waals surface area contributed by atoms with Gasteiger partial charge in [-0.2, -0.15) is 24.3 Å². The Hall–Kier alpha value is -4.09. The zero-order valence-electron chi connectivity index (χ0n) is 26.1. The van der Waals surface area contributed by atoms with Gasteiger partial charge in [0, 0.05) is 32.2 Å². The van der Waals surface area contributed by atoms with Crippen LogP contribution in [0.25, 0.3) is 0 Å². The minimum atomic E-state index is -0.409. The van der Waals surface area contributed by atoms with Gasteiger partial charge in [0.25, 0.3) is 0 Å². The van der Waals surface area contributed by atoms with Crippen LogP contribution in [-0.4, -0.2) is 19.1 Å². The molecule has 0 atom stereocenters. The molecule has 1 aromatic heterocycles. The molecule has 7 aromatic rings. The average Bonchev–Trinajstić information content (AvgIpc) is 3.84. The van der Waals surface area contributed by atoms with Gasteiger partial charge in [-0.25, -0.2) is 24.3 Å². The Morgan fingerprint density at radius 2 is 0.761 bits per heavy atom. The van der Waals surface area contributed by atoms with Crippen molar-refractivity contribution in [2.45, 2.75) is 0 Å². The van der Waals surface area contributed by atoms with Gasteiger partial charge in [-0.1, -0.05) is 121 Å². The number of nitrogens with zero attached hydrogens (tertiary/aromatic N) is 2. The molecule has 0 N–H and O–H groups in total. The predicted octanol–water partition coefficient (Wildman–Crippen LogP) is 7.47. The van der Waals surface area contributed by atoms with E-state index in [2.05, 4.69) is 175 Å². The van der Waals surface area contributed by atoms with Crippen LogP contribution in [0.3, 0.4) is 0 Å². The molecule has 0 fully saturated rings. The molecule has 0 aliphatic carbocycles. The monoisotopic (exact) mass is 676 g/mol. The zero-order valence-corrected chi connectivity index (χ0v) is 29.0. The standard InChI is InChI=1S/2C17H14P.C7H10N2.Fe/c2*1-3-9-15(10-4-1)18(17-13-7-8-14-17)16-11-5-2-6-12-16;1-9(2)7-3-5-8-6-4-7;/h2*1-14H;3-6H,1-2H3;/q2*-1;;+2. The van der Waals surface area contributed by atoms with Crippen molar-refractivity contribution in [1.82, 2.24) is 4.98 Å². The number of hydrogen-bond acceptors (Lipinski definition) is 2. The van der Waals surface area contributed by atoms with Gasteiger partial charge < -0.3 is 4.90 Å². The molecule has 0 saturated heterocycles. The van der Waals surface area contributed by atoms with Crippen LogP contribution < -0.4 is 36.7 Å². The van der Waals surface area contributed by atoms with E-state index in [1.54, 1.807) is 12.4 Å². The molecule has 0 saturated carbocycles. The molecule has 0 amide bonds. The summed E-state index contributed by atoms with van der Waals surface area (Å²) >= 11 is 0. The first-order chi connectivity index (χ1) is 22.2. The molecule has 230 valence electrons. The second-order valence-corrected chi connectivity index (χ2v) is 14.8. The van der Waals surface area contributed by atoms with Crippen molar-refractivity contribution >= 4 is 53.4 Å². The molecule has 0 aliphatic rings. The SMILES string of the molecule is CN(C)c1ccncc1.[Fe+2].c1ccc(P(c2ccccc2)c2ccc[cH-]2)cc1.c1ccc(P(c2ccccc2)c2ccc[cH-]2)cc1. The van der Waals surface area contributed by atoms with Crippen LogP contribution in [0.1, 0.15) is 0 Å². The summed E-state index contributed by atoms with van der Waals surface area (Å²) < 4.78 is 0. The molecule has 7 rings (SSSR count). The number of hydrogen-bond donors (Lipinski definition) is 0. The molecule has 0 unspecified atom stereocenters. The summed E-state index contributed by atoms with van der Waals surface area (Å²) in [7, 11) is 3.20. The summed E-state index contributed by atoms with van der Waals surface area (Å²) in [4.78, 5) is 5.94. The molecule has 0 spiro atoms. The third-order valence-corrected chi connectivity index (χ3v) is 11.9. The Morgan fingerprint density at radius 1 is 0.435 bits per heavy atom. The molecular formula is C41H38FeN2P2. The molecule has 6 aromatic carbocycles. The maximum atomic E-state index is 3.90. The van der Waals surface area contributed by atoms with Crippen LogP contribution in [0.4, 0.5) is 5.69 Å². The van der Waals surface area contributed by atoms with E-state index >= 15 is 0 Å². The van der Waals surface area contributed by atoms with Crippen molar-refractivity contribution in [2.24, 2.45) is 0 Å². The average molecular weight is 677 g/mol. The molecule has 46 heavy (non-hydrogen) atoms. The van der Waals surface area contributed by atoms with Gasteiger partial charge in [0.05, 0.1) is 0 Å². The van der Waals surface area contributed by atoms with Crippen LogP contribution in [0.2, 0.25) is 0 Å². The minimum absolute atomic E-state index is 0. The Balaban J connectivity index is 0.000000164. The van der Waals surface area contributed by atoms with Gasteiger partial charge in [0.15, 0.2) is 0 Å². The van der Waals surface area contributed by atoms with Crippen molar-refractivity contribution in [3.05, 3.63) is 194 Å². The third-order valence-electron chi connectivity index (χ3n) is 7.04. The van der Waals surface area contributed by atoms with Crippen LogP contribution in [0.15, 0.2) is 194 Å². The predicted molar refractivity (Wildman–Crippen MR) is 200 cm³/mol.